The van der Waals surface area contributed by atoms with Crippen molar-refractivity contribution in [1.29, 1.82) is 0 Å². The van der Waals surface area contributed by atoms with E-state index in [9.17, 15) is 10.1 Å². The number of aryl methyl sites for hydroxylation is 1. The first-order chi connectivity index (χ1) is 8.87. The maximum atomic E-state index is 11.1. The fourth-order valence-electron chi connectivity index (χ4n) is 2.82. The van der Waals surface area contributed by atoms with Gasteiger partial charge in [0.25, 0.3) is 0 Å². The number of rotatable bonds is 3. The van der Waals surface area contributed by atoms with Gasteiger partial charge in [0.2, 0.25) is 5.82 Å². The van der Waals surface area contributed by atoms with Gasteiger partial charge in [0.15, 0.2) is 0 Å². The van der Waals surface area contributed by atoms with E-state index >= 15 is 0 Å². The Kier molecular flexibility index (Phi) is 3.73. The number of nitrogens with zero attached hydrogens (tertiary/aromatic N) is 2. The molecular formula is C14H21N3O2. The van der Waals surface area contributed by atoms with Gasteiger partial charge in [0.1, 0.15) is 0 Å². The van der Waals surface area contributed by atoms with Crippen molar-refractivity contribution in [3.8, 4) is 0 Å². The zero-order chi connectivity index (χ0) is 14.0. The molecule has 0 aromatic carbocycles. The molecule has 104 valence electrons. The van der Waals surface area contributed by atoms with Gasteiger partial charge in [-0.1, -0.05) is 20.3 Å². The zero-order valence-electron chi connectivity index (χ0n) is 11.8. The van der Waals surface area contributed by atoms with Crippen molar-refractivity contribution in [2.24, 2.45) is 5.41 Å². The number of hydrogen-bond acceptors (Lipinski definition) is 4. The summed E-state index contributed by atoms with van der Waals surface area (Å²) in [5.41, 5.74) is 1.18. The summed E-state index contributed by atoms with van der Waals surface area (Å²) in [6, 6.07) is 1.85. The second-order valence-corrected chi connectivity index (χ2v) is 6.24. The maximum absolute atomic E-state index is 11.1. The molecule has 0 amide bonds. The fraction of sp³-hybridized carbons (Fsp3) is 0.643. The Bertz CT molecular complexity index is 486. The molecule has 1 aromatic heterocycles. The maximum Gasteiger partial charge on any atom is 0.311 e. The Morgan fingerprint density at radius 3 is 2.89 bits per heavy atom. The molecule has 0 bridgehead atoms. The van der Waals surface area contributed by atoms with Gasteiger partial charge >= 0.3 is 5.69 Å². The Morgan fingerprint density at radius 2 is 2.26 bits per heavy atom. The van der Waals surface area contributed by atoms with Crippen LogP contribution >= 0.6 is 0 Å². The van der Waals surface area contributed by atoms with Crippen molar-refractivity contribution in [3.05, 3.63) is 27.9 Å². The van der Waals surface area contributed by atoms with Gasteiger partial charge in [0, 0.05) is 18.3 Å². The first kappa shape index (κ1) is 13.8. The van der Waals surface area contributed by atoms with Gasteiger partial charge in [-0.25, -0.2) is 4.98 Å². The van der Waals surface area contributed by atoms with Crippen LogP contribution in [0.3, 0.4) is 0 Å². The molecule has 1 fully saturated rings. The minimum absolute atomic E-state index is 0.0726. The molecule has 1 aromatic rings. The van der Waals surface area contributed by atoms with E-state index in [0.717, 1.165) is 24.8 Å². The summed E-state index contributed by atoms with van der Waals surface area (Å²) >= 11 is 0. The van der Waals surface area contributed by atoms with E-state index in [2.05, 4.69) is 24.1 Å². The summed E-state index contributed by atoms with van der Waals surface area (Å²) in [6.07, 6.45) is 6.12. The van der Waals surface area contributed by atoms with Crippen molar-refractivity contribution in [2.75, 3.05) is 5.32 Å². The van der Waals surface area contributed by atoms with Gasteiger partial charge in [-0.15, -0.1) is 0 Å². The molecule has 0 aliphatic heterocycles. The summed E-state index contributed by atoms with van der Waals surface area (Å²) in [4.78, 5) is 14.9. The van der Waals surface area contributed by atoms with E-state index in [1.54, 1.807) is 12.3 Å². The SMILES string of the molecule is Cc1cnc(NC2CCCC(C)(C)C2)c([N+](=O)[O-])c1. The summed E-state index contributed by atoms with van der Waals surface area (Å²) in [5.74, 6) is 0.401. The molecule has 2 rings (SSSR count). The second-order valence-electron chi connectivity index (χ2n) is 6.24. The van der Waals surface area contributed by atoms with Crippen LogP contribution in [0.4, 0.5) is 11.5 Å². The van der Waals surface area contributed by atoms with Crippen molar-refractivity contribution in [1.82, 2.24) is 4.98 Å². The van der Waals surface area contributed by atoms with Crippen molar-refractivity contribution >= 4 is 11.5 Å². The average Bonchev–Trinajstić information content (AvgIpc) is 2.30. The first-order valence-corrected chi connectivity index (χ1v) is 6.75. The topological polar surface area (TPSA) is 68.1 Å². The molecule has 1 saturated carbocycles. The molecule has 0 saturated heterocycles. The third-order valence-electron chi connectivity index (χ3n) is 3.75. The van der Waals surface area contributed by atoms with Crippen LogP contribution in [0, 0.1) is 22.5 Å². The summed E-state index contributed by atoms with van der Waals surface area (Å²) in [6.45, 7) is 6.31. The van der Waals surface area contributed by atoms with Crippen LogP contribution in [0.5, 0.6) is 0 Å². The highest BCUT2D eigenvalue weighted by molar-refractivity contribution is 5.57. The van der Waals surface area contributed by atoms with E-state index < -0.39 is 0 Å². The van der Waals surface area contributed by atoms with Crippen molar-refractivity contribution in [3.63, 3.8) is 0 Å². The molecule has 1 N–H and O–H groups in total. The second kappa shape index (κ2) is 5.15. The highest BCUT2D eigenvalue weighted by atomic mass is 16.6. The normalized spacial score (nSPS) is 21.9. The summed E-state index contributed by atoms with van der Waals surface area (Å²) < 4.78 is 0. The quantitative estimate of drug-likeness (QED) is 0.667. The first-order valence-electron chi connectivity index (χ1n) is 6.75. The highest BCUT2D eigenvalue weighted by Gasteiger charge is 2.29. The zero-order valence-corrected chi connectivity index (χ0v) is 11.8. The fourth-order valence-corrected chi connectivity index (χ4v) is 2.82. The third kappa shape index (κ3) is 3.43. The van der Waals surface area contributed by atoms with Crippen molar-refractivity contribution < 1.29 is 4.92 Å². The lowest BCUT2D eigenvalue weighted by Gasteiger charge is -2.35. The number of aromatic nitrogens is 1. The minimum Gasteiger partial charge on any atom is -0.362 e. The summed E-state index contributed by atoms with van der Waals surface area (Å²) in [5, 5.41) is 14.3. The number of nitrogens with one attached hydrogen (secondary N) is 1. The lowest BCUT2D eigenvalue weighted by molar-refractivity contribution is -0.384. The number of hydrogen-bond donors (Lipinski definition) is 1. The van der Waals surface area contributed by atoms with Crippen LogP contribution in [0.15, 0.2) is 12.3 Å². The standard InChI is InChI=1S/C14H21N3O2/c1-10-7-12(17(18)19)13(15-9-10)16-11-5-4-6-14(2,3)8-11/h7,9,11H,4-6,8H2,1-3H3,(H,15,16). The molecule has 19 heavy (non-hydrogen) atoms. The minimum atomic E-state index is -0.365. The van der Waals surface area contributed by atoms with Gasteiger partial charge in [0.05, 0.1) is 4.92 Å². The largest absolute Gasteiger partial charge is 0.362 e. The monoisotopic (exact) mass is 263 g/mol. The number of anilines is 1. The number of pyridine rings is 1. The highest BCUT2D eigenvalue weighted by Crippen LogP contribution is 2.37. The molecule has 5 nitrogen and oxygen atoms in total. The van der Waals surface area contributed by atoms with Crippen LogP contribution in [0.25, 0.3) is 0 Å². The average molecular weight is 263 g/mol. The van der Waals surface area contributed by atoms with E-state index in [0.29, 0.717) is 11.2 Å². The molecule has 1 aliphatic rings. The predicted molar refractivity (Wildman–Crippen MR) is 75.3 cm³/mol. The lowest BCUT2D eigenvalue weighted by Crippen LogP contribution is -2.32. The molecule has 0 spiro atoms. The van der Waals surface area contributed by atoms with E-state index in [1.807, 2.05) is 6.92 Å². The van der Waals surface area contributed by atoms with Gasteiger partial charge in [-0.2, -0.15) is 0 Å². The lowest BCUT2D eigenvalue weighted by atomic mass is 9.75. The molecule has 1 unspecified atom stereocenters. The van der Waals surface area contributed by atoms with Crippen LogP contribution < -0.4 is 5.32 Å². The van der Waals surface area contributed by atoms with E-state index in [4.69, 9.17) is 0 Å². The van der Waals surface area contributed by atoms with Crippen LogP contribution in [0.1, 0.15) is 45.1 Å². The van der Waals surface area contributed by atoms with Gasteiger partial charge < -0.3 is 5.32 Å². The summed E-state index contributed by atoms with van der Waals surface area (Å²) in [7, 11) is 0. The van der Waals surface area contributed by atoms with Crippen molar-refractivity contribution in [2.45, 2.75) is 52.5 Å². The van der Waals surface area contributed by atoms with E-state index in [1.165, 1.54) is 6.42 Å². The molecular weight excluding hydrogens is 242 g/mol. The molecule has 1 atom stereocenters. The Balaban J connectivity index is 2.17. The Labute approximate surface area is 113 Å². The molecule has 1 heterocycles. The van der Waals surface area contributed by atoms with Gasteiger partial charge in [-0.3, -0.25) is 10.1 Å². The van der Waals surface area contributed by atoms with Crippen LogP contribution in [-0.4, -0.2) is 15.9 Å². The Hall–Kier alpha value is -1.65. The van der Waals surface area contributed by atoms with E-state index in [-0.39, 0.29) is 16.7 Å². The molecule has 5 heteroatoms. The predicted octanol–water partition coefficient (Wildman–Crippen LogP) is 3.68. The third-order valence-corrected chi connectivity index (χ3v) is 3.75. The van der Waals surface area contributed by atoms with Gasteiger partial charge in [-0.05, 0) is 37.2 Å². The van der Waals surface area contributed by atoms with Crippen LogP contribution in [-0.2, 0) is 0 Å². The smallest absolute Gasteiger partial charge is 0.311 e. The Morgan fingerprint density at radius 1 is 1.53 bits per heavy atom. The number of nitro groups is 1. The van der Waals surface area contributed by atoms with Crippen LogP contribution in [0.2, 0.25) is 0 Å². The molecule has 1 aliphatic carbocycles. The molecule has 0 radical (unpaired) electrons.